The van der Waals surface area contributed by atoms with Crippen LogP contribution in [-0.2, 0) is 6.42 Å². The maximum atomic E-state index is 12.1. The highest BCUT2D eigenvalue weighted by Crippen LogP contribution is 2.26. The van der Waals surface area contributed by atoms with Crippen molar-refractivity contribution in [2.45, 2.75) is 32.3 Å². The highest BCUT2D eigenvalue weighted by Gasteiger charge is 2.23. The Bertz CT molecular complexity index is 584. The number of aromatic nitrogens is 1. The van der Waals surface area contributed by atoms with Gasteiger partial charge in [0.05, 0.1) is 12.5 Å². The summed E-state index contributed by atoms with van der Waals surface area (Å²) in [4.78, 5) is 16.4. The number of rotatable bonds is 5. The number of hydrogen-bond acceptors (Lipinski definition) is 4. The first-order valence-corrected chi connectivity index (χ1v) is 7.29. The molecule has 1 heterocycles. The molecule has 3 rings (SSSR count). The second kappa shape index (κ2) is 5.13. The summed E-state index contributed by atoms with van der Waals surface area (Å²) in [5, 5.41) is 2.84. The van der Waals surface area contributed by atoms with Crippen LogP contribution in [0.15, 0.2) is 29.6 Å². The maximum Gasteiger partial charge on any atom is 0.169 e. The van der Waals surface area contributed by atoms with Gasteiger partial charge in [0.25, 0.3) is 0 Å². The number of aryl methyl sites for hydroxylation is 1. The van der Waals surface area contributed by atoms with Crippen molar-refractivity contribution in [1.29, 1.82) is 0 Å². The van der Waals surface area contributed by atoms with Crippen molar-refractivity contribution < 1.29 is 9.53 Å². The van der Waals surface area contributed by atoms with Gasteiger partial charge >= 0.3 is 0 Å². The monoisotopic (exact) mass is 273 g/mol. The third-order valence-electron chi connectivity index (χ3n) is 2.98. The van der Waals surface area contributed by atoms with E-state index in [4.69, 9.17) is 4.74 Å². The Kier molecular flexibility index (Phi) is 3.34. The summed E-state index contributed by atoms with van der Waals surface area (Å²) in [7, 11) is 0. The maximum absolute atomic E-state index is 12.1. The molecule has 1 aromatic heterocycles. The van der Waals surface area contributed by atoms with Crippen LogP contribution in [-0.4, -0.2) is 16.9 Å². The zero-order chi connectivity index (χ0) is 13.2. The van der Waals surface area contributed by atoms with Crippen LogP contribution >= 0.6 is 11.3 Å². The average molecular weight is 273 g/mol. The van der Waals surface area contributed by atoms with Crippen LogP contribution in [0, 0.1) is 6.92 Å². The molecule has 1 aromatic carbocycles. The minimum absolute atomic E-state index is 0.104. The molecule has 1 aliphatic rings. The first-order valence-electron chi connectivity index (χ1n) is 6.41. The number of carbonyl (C=O) groups excluding carboxylic acids is 1. The zero-order valence-electron chi connectivity index (χ0n) is 10.8. The lowest BCUT2D eigenvalue weighted by Crippen LogP contribution is -2.03. The molecule has 1 saturated carbocycles. The fourth-order valence-corrected chi connectivity index (χ4v) is 2.59. The molecular weight excluding hydrogens is 258 g/mol. The van der Waals surface area contributed by atoms with Gasteiger partial charge in [0, 0.05) is 16.6 Å². The third-order valence-corrected chi connectivity index (χ3v) is 3.95. The van der Waals surface area contributed by atoms with Gasteiger partial charge in [0.2, 0.25) is 0 Å². The van der Waals surface area contributed by atoms with Crippen LogP contribution in [0.4, 0.5) is 0 Å². The van der Waals surface area contributed by atoms with E-state index in [1.807, 2.05) is 36.6 Å². The molecule has 19 heavy (non-hydrogen) atoms. The standard InChI is InChI=1S/C15H15NO2S/c1-10-9-19-15(16-10)8-14(17)11-2-4-12(5-3-11)18-13-6-7-13/h2-5,9,13H,6-8H2,1H3. The second-order valence-corrected chi connectivity index (χ2v) is 5.77. The molecule has 0 aliphatic heterocycles. The quantitative estimate of drug-likeness (QED) is 0.784. The summed E-state index contributed by atoms with van der Waals surface area (Å²) in [5.74, 6) is 0.955. The van der Waals surface area contributed by atoms with Crippen LogP contribution in [0.5, 0.6) is 5.75 Å². The van der Waals surface area contributed by atoms with E-state index in [0.717, 1.165) is 34.9 Å². The number of carbonyl (C=O) groups is 1. The van der Waals surface area contributed by atoms with Crippen LogP contribution in [0.25, 0.3) is 0 Å². The molecule has 2 aromatic rings. The second-order valence-electron chi connectivity index (χ2n) is 4.82. The molecular formula is C15H15NO2S. The van der Waals surface area contributed by atoms with E-state index in [0.29, 0.717) is 12.5 Å². The van der Waals surface area contributed by atoms with Gasteiger partial charge in [-0.05, 0) is 44.0 Å². The van der Waals surface area contributed by atoms with Gasteiger partial charge in [-0.25, -0.2) is 4.98 Å². The van der Waals surface area contributed by atoms with Crippen LogP contribution in [0.3, 0.4) is 0 Å². The Morgan fingerprint density at radius 3 is 2.68 bits per heavy atom. The SMILES string of the molecule is Cc1csc(CC(=O)c2ccc(OC3CC3)cc2)n1. The Morgan fingerprint density at radius 2 is 2.11 bits per heavy atom. The molecule has 1 aliphatic carbocycles. The summed E-state index contributed by atoms with van der Waals surface area (Å²) in [6.07, 6.45) is 3.05. The number of hydrogen-bond donors (Lipinski definition) is 0. The Labute approximate surface area is 116 Å². The predicted octanol–water partition coefficient (Wildman–Crippen LogP) is 3.42. The lowest BCUT2D eigenvalue weighted by Gasteiger charge is -2.04. The van der Waals surface area contributed by atoms with Crippen molar-refractivity contribution in [1.82, 2.24) is 4.98 Å². The highest BCUT2D eigenvalue weighted by atomic mass is 32.1. The van der Waals surface area contributed by atoms with Crippen molar-refractivity contribution in [2.75, 3.05) is 0 Å². The smallest absolute Gasteiger partial charge is 0.169 e. The zero-order valence-corrected chi connectivity index (χ0v) is 11.6. The molecule has 0 spiro atoms. The van der Waals surface area contributed by atoms with Crippen LogP contribution in [0.2, 0.25) is 0 Å². The number of benzene rings is 1. The predicted molar refractivity (Wildman–Crippen MR) is 75.0 cm³/mol. The number of nitrogens with zero attached hydrogens (tertiary/aromatic N) is 1. The average Bonchev–Trinajstić information content (AvgIpc) is 3.12. The number of Topliss-reactive ketones (excluding diaryl/α,β-unsaturated/α-hetero) is 1. The Hall–Kier alpha value is -1.68. The van der Waals surface area contributed by atoms with E-state index < -0.39 is 0 Å². The molecule has 0 saturated heterocycles. The lowest BCUT2D eigenvalue weighted by atomic mass is 10.1. The number of ketones is 1. The van der Waals surface area contributed by atoms with Crippen molar-refractivity contribution in [3.63, 3.8) is 0 Å². The minimum atomic E-state index is 0.104. The molecule has 0 amide bonds. The van der Waals surface area contributed by atoms with Crippen LogP contribution in [0.1, 0.15) is 33.9 Å². The molecule has 0 radical (unpaired) electrons. The van der Waals surface area contributed by atoms with E-state index in [1.54, 1.807) is 0 Å². The first kappa shape index (κ1) is 12.4. The van der Waals surface area contributed by atoms with Crippen molar-refractivity contribution in [3.8, 4) is 5.75 Å². The van der Waals surface area contributed by atoms with E-state index >= 15 is 0 Å². The van der Waals surface area contributed by atoms with Crippen LogP contribution < -0.4 is 4.74 Å². The summed E-state index contributed by atoms with van der Waals surface area (Å²) < 4.78 is 5.66. The fourth-order valence-electron chi connectivity index (χ4n) is 1.82. The Morgan fingerprint density at radius 1 is 1.37 bits per heavy atom. The lowest BCUT2D eigenvalue weighted by molar-refractivity contribution is 0.0993. The van der Waals surface area contributed by atoms with Gasteiger partial charge in [-0.2, -0.15) is 0 Å². The molecule has 1 fully saturated rings. The third kappa shape index (κ3) is 3.20. The van der Waals surface area contributed by atoms with Gasteiger partial charge in [0.15, 0.2) is 5.78 Å². The minimum Gasteiger partial charge on any atom is -0.490 e. The van der Waals surface area contributed by atoms with Gasteiger partial charge in [-0.1, -0.05) is 0 Å². The molecule has 0 unspecified atom stereocenters. The summed E-state index contributed by atoms with van der Waals surface area (Å²) in [6.45, 7) is 1.94. The Balaban J connectivity index is 1.65. The van der Waals surface area contributed by atoms with Gasteiger partial charge < -0.3 is 4.74 Å². The first-order chi connectivity index (χ1) is 9.20. The van der Waals surface area contributed by atoms with Gasteiger partial charge in [-0.3, -0.25) is 4.79 Å². The molecule has 3 nitrogen and oxygen atoms in total. The molecule has 0 bridgehead atoms. The van der Waals surface area contributed by atoms with E-state index in [2.05, 4.69) is 4.98 Å². The topological polar surface area (TPSA) is 39.2 Å². The largest absolute Gasteiger partial charge is 0.490 e. The van der Waals surface area contributed by atoms with E-state index in [9.17, 15) is 4.79 Å². The van der Waals surface area contributed by atoms with Crippen molar-refractivity contribution in [3.05, 3.63) is 45.9 Å². The van der Waals surface area contributed by atoms with E-state index in [1.165, 1.54) is 11.3 Å². The van der Waals surface area contributed by atoms with Crippen molar-refractivity contribution in [2.24, 2.45) is 0 Å². The number of thiazole rings is 1. The summed E-state index contributed by atoms with van der Waals surface area (Å²) >= 11 is 1.54. The molecule has 4 heteroatoms. The van der Waals surface area contributed by atoms with Gasteiger partial charge in [-0.15, -0.1) is 11.3 Å². The molecule has 0 N–H and O–H groups in total. The normalized spacial score (nSPS) is 14.4. The highest BCUT2D eigenvalue weighted by molar-refractivity contribution is 7.09. The fraction of sp³-hybridized carbons (Fsp3) is 0.333. The van der Waals surface area contributed by atoms with Gasteiger partial charge in [0.1, 0.15) is 10.8 Å². The molecule has 98 valence electrons. The van der Waals surface area contributed by atoms with E-state index in [-0.39, 0.29) is 5.78 Å². The molecule has 0 atom stereocenters. The number of ether oxygens (including phenoxy) is 1. The summed E-state index contributed by atoms with van der Waals surface area (Å²) in [6, 6.07) is 7.42. The summed E-state index contributed by atoms with van der Waals surface area (Å²) in [5.41, 5.74) is 1.69. The van der Waals surface area contributed by atoms with Crippen molar-refractivity contribution >= 4 is 17.1 Å².